The van der Waals surface area contributed by atoms with Gasteiger partial charge >= 0.3 is 5.97 Å². The zero-order valence-corrected chi connectivity index (χ0v) is 17.9. The number of ether oxygens (including phenoxy) is 1. The van der Waals surface area contributed by atoms with E-state index in [1.165, 1.54) is 24.4 Å². The Kier molecular flexibility index (Phi) is 6.13. The topological polar surface area (TPSA) is 89.9 Å². The summed E-state index contributed by atoms with van der Waals surface area (Å²) >= 11 is 0. The number of esters is 1. The van der Waals surface area contributed by atoms with Crippen molar-refractivity contribution in [1.29, 1.82) is 0 Å². The van der Waals surface area contributed by atoms with Crippen molar-refractivity contribution in [2.75, 3.05) is 13.7 Å². The average Bonchev–Trinajstić information content (AvgIpc) is 2.82. The molecular weight excluding hydrogens is 390 g/mol. The van der Waals surface area contributed by atoms with Crippen LogP contribution < -0.4 is 5.32 Å². The molecule has 3 aromatic rings. The molecule has 1 aliphatic rings. The summed E-state index contributed by atoms with van der Waals surface area (Å²) in [5.74, 6) is -0.496. The molecule has 2 aromatic heterocycles. The predicted molar refractivity (Wildman–Crippen MR) is 117 cm³/mol. The second-order valence-corrected chi connectivity index (χ2v) is 7.60. The number of rotatable bonds is 5. The molecule has 7 nitrogen and oxygen atoms in total. The Bertz CT molecular complexity index is 1110. The van der Waals surface area contributed by atoms with Gasteiger partial charge in [-0.1, -0.05) is 36.4 Å². The molecule has 0 radical (unpaired) electrons. The van der Waals surface area contributed by atoms with E-state index in [9.17, 15) is 4.79 Å². The Morgan fingerprint density at radius 1 is 1.10 bits per heavy atom. The number of nitrogens with one attached hydrogen (secondary N) is 1. The molecule has 7 heteroatoms. The van der Waals surface area contributed by atoms with Gasteiger partial charge in [-0.15, -0.1) is 0 Å². The Morgan fingerprint density at radius 2 is 1.90 bits per heavy atom. The second-order valence-electron chi connectivity index (χ2n) is 7.60. The third-order valence-electron chi connectivity index (χ3n) is 5.65. The summed E-state index contributed by atoms with van der Waals surface area (Å²) in [6.07, 6.45) is 6.80. The highest BCUT2D eigenvalue weighted by Crippen LogP contribution is 2.29. The molecule has 0 bridgehead atoms. The third kappa shape index (κ3) is 4.51. The highest BCUT2D eigenvalue weighted by molar-refractivity contribution is 5.86. The Labute approximate surface area is 181 Å². The van der Waals surface area contributed by atoms with Crippen molar-refractivity contribution in [3.63, 3.8) is 0 Å². The largest absolute Gasteiger partial charge is 0.464 e. The van der Waals surface area contributed by atoms with Crippen LogP contribution in [0.1, 0.15) is 56.7 Å². The first kappa shape index (κ1) is 20.8. The van der Waals surface area contributed by atoms with E-state index in [0.717, 1.165) is 47.6 Å². The van der Waals surface area contributed by atoms with Gasteiger partial charge in [0, 0.05) is 13.0 Å². The zero-order chi connectivity index (χ0) is 21.8. The SMILES string of the molecule is COC(=O)c1cnc(C2C=C(c3nnc(Cc4ccccc4)c(C)c3C)CCN2)cn1. The number of carbonyl (C=O) groups is 1. The van der Waals surface area contributed by atoms with E-state index in [0.29, 0.717) is 0 Å². The van der Waals surface area contributed by atoms with E-state index < -0.39 is 5.97 Å². The van der Waals surface area contributed by atoms with Gasteiger partial charge in [0.1, 0.15) is 0 Å². The first-order valence-electron chi connectivity index (χ1n) is 10.3. The Balaban J connectivity index is 1.59. The minimum absolute atomic E-state index is 0.103. The normalized spacial score (nSPS) is 16.0. The van der Waals surface area contributed by atoms with E-state index >= 15 is 0 Å². The Morgan fingerprint density at radius 3 is 2.61 bits per heavy atom. The molecule has 1 aromatic carbocycles. The molecule has 0 saturated heterocycles. The molecule has 3 heterocycles. The minimum atomic E-state index is -0.496. The van der Waals surface area contributed by atoms with Crippen LogP contribution in [-0.4, -0.2) is 39.8 Å². The van der Waals surface area contributed by atoms with E-state index in [2.05, 4.69) is 62.3 Å². The van der Waals surface area contributed by atoms with Crippen LogP contribution in [0.4, 0.5) is 0 Å². The van der Waals surface area contributed by atoms with E-state index in [1.54, 1.807) is 6.20 Å². The first-order chi connectivity index (χ1) is 15.1. The lowest BCUT2D eigenvalue weighted by atomic mass is 9.94. The molecule has 1 N–H and O–H groups in total. The van der Waals surface area contributed by atoms with Crippen molar-refractivity contribution >= 4 is 11.5 Å². The van der Waals surface area contributed by atoms with Gasteiger partial charge in [0.25, 0.3) is 0 Å². The molecule has 158 valence electrons. The van der Waals surface area contributed by atoms with Crippen LogP contribution in [0, 0.1) is 13.8 Å². The minimum Gasteiger partial charge on any atom is -0.464 e. The van der Waals surface area contributed by atoms with Gasteiger partial charge in [-0.2, -0.15) is 10.2 Å². The molecule has 31 heavy (non-hydrogen) atoms. The van der Waals surface area contributed by atoms with Crippen molar-refractivity contribution in [3.05, 3.63) is 88.3 Å². The highest BCUT2D eigenvalue weighted by Gasteiger charge is 2.21. The maximum Gasteiger partial charge on any atom is 0.358 e. The Hall–Kier alpha value is -3.45. The second kappa shape index (κ2) is 9.14. The maximum atomic E-state index is 11.6. The van der Waals surface area contributed by atoms with Gasteiger partial charge in [0.2, 0.25) is 0 Å². The molecule has 0 amide bonds. The van der Waals surface area contributed by atoms with Crippen molar-refractivity contribution in [1.82, 2.24) is 25.5 Å². The fraction of sp³-hybridized carbons (Fsp3) is 0.292. The summed E-state index contributed by atoms with van der Waals surface area (Å²) < 4.78 is 4.68. The van der Waals surface area contributed by atoms with Crippen molar-refractivity contribution in [2.45, 2.75) is 32.7 Å². The van der Waals surface area contributed by atoms with Crippen molar-refractivity contribution < 1.29 is 9.53 Å². The zero-order valence-electron chi connectivity index (χ0n) is 17.9. The van der Waals surface area contributed by atoms with Gasteiger partial charge in [-0.05, 0) is 42.5 Å². The lowest BCUT2D eigenvalue weighted by Crippen LogP contribution is -2.27. The summed E-state index contributed by atoms with van der Waals surface area (Å²) in [7, 11) is 1.33. The maximum absolute atomic E-state index is 11.6. The van der Waals surface area contributed by atoms with Crippen LogP contribution in [0.5, 0.6) is 0 Å². The molecule has 1 atom stereocenters. The van der Waals surface area contributed by atoms with Gasteiger partial charge in [-0.25, -0.2) is 9.78 Å². The van der Waals surface area contributed by atoms with Crippen LogP contribution in [0.25, 0.3) is 5.57 Å². The third-order valence-corrected chi connectivity index (χ3v) is 5.65. The number of aromatic nitrogens is 4. The lowest BCUT2D eigenvalue weighted by molar-refractivity contribution is 0.0593. The first-order valence-corrected chi connectivity index (χ1v) is 10.3. The van der Waals surface area contributed by atoms with E-state index in [4.69, 9.17) is 0 Å². The number of benzene rings is 1. The highest BCUT2D eigenvalue weighted by atomic mass is 16.5. The number of nitrogens with zero attached hydrogens (tertiary/aromatic N) is 4. The molecule has 0 aliphatic carbocycles. The smallest absolute Gasteiger partial charge is 0.358 e. The van der Waals surface area contributed by atoms with Gasteiger partial charge in [-0.3, -0.25) is 4.98 Å². The van der Waals surface area contributed by atoms with Crippen molar-refractivity contribution in [2.24, 2.45) is 0 Å². The lowest BCUT2D eigenvalue weighted by Gasteiger charge is -2.23. The van der Waals surface area contributed by atoms with Crippen molar-refractivity contribution in [3.8, 4) is 0 Å². The summed E-state index contributed by atoms with van der Waals surface area (Å²) in [6, 6.07) is 10.2. The molecule has 1 unspecified atom stereocenters. The summed E-state index contributed by atoms with van der Waals surface area (Å²) in [5.41, 5.74) is 7.56. The van der Waals surface area contributed by atoms with Gasteiger partial charge in [0.05, 0.1) is 42.6 Å². The van der Waals surface area contributed by atoms with E-state index in [1.807, 2.05) is 18.2 Å². The summed E-state index contributed by atoms with van der Waals surface area (Å²) in [6.45, 7) is 5.02. The summed E-state index contributed by atoms with van der Waals surface area (Å²) in [4.78, 5) is 20.1. The van der Waals surface area contributed by atoms with Crippen LogP contribution in [0.15, 0.2) is 48.8 Å². The number of hydrogen-bond donors (Lipinski definition) is 1. The summed E-state index contributed by atoms with van der Waals surface area (Å²) in [5, 5.41) is 12.6. The average molecular weight is 415 g/mol. The van der Waals surface area contributed by atoms with Gasteiger partial charge in [0.15, 0.2) is 5.69 Å². The standard InChI is InChI=1S/C24H25N5O2/c1-15-16(2)23(29-28-19(15)11-17-7-5-4-6-8-17)18-9-10-25-20(12-18)21-13-27-22(14-26-21)24(30)31-3/h4-8,12-14,20,25H,9-11H2,1-3H3. The molecule has 1 aliphatic heterocycles. The number of methoxy groups -OCH3 is 1. The number of hydrogen-bond acceptors (Lipinski definition) is 7. The number of carbonyl (C=O) groups excluding carboxylic acids is 1. The molecule has 0 fully saturated rings. The van der Waals surface area contributed by atoms with Crippen LogP contribution in [0.3, 0.4) is 0 Å². The molecular formula is C24H25N5O2. The molecule has 0 spiro atoms. The van der Waals surface area contributed by atoms with Crippen LogP contribution in [-0.2, 0) is 11.2 Å². The van der Waals surface area contributed by atoms with Crippen LogP contribution >= 0.6 is 0 Å². The fourth-order valence-corrected chi connectivity index (χ4v) is 3.72. The fourth-order valence-electron chi connectivity index (χ4n) is 3.72. The molecule has 0 saturated carbocycles. The monoisotopic (exact) mass is 415 g/mol. The predicted octanol–water partition coefficient (Wildman–Crippen LogP) is 3.38. The van der Waals surface area contributed by atoms with Gasteiger partial charge < -0.3 is 10.1 Å². The quantitative estimate of drug-likeness (QED) is 0.639. The van der Waals surface area contributed by atoms with Crippen LogP contribution in [0.2, 0.25) is 0 Å². The molecule has 4 rings (SSSR count). The van der Waals surface area contributed by atoms with E-state index in [-0.39, 0.29) is 11.7 Å².